The average molecular weight is 490 g/mol. The van der Waals surface area contributed by atoms with Gasteiger partial charge in [0.15, 0.2) is 9.84 Å². The third-order valence-corrected chi connectivity index (χ3v) is 7.70. The molecule has 2 heterocycles. The van der Waals surface area contributed by atoms with Crippen molar-refractivity contribution in [3.8, 4) is 11.3 Å². The third-order valence-electron chi connectivity index (χ3n) is 5.95. The van der Waals surface area contributed by atoms with E-state index in [4.69, 9.17) is 0 Å². The van der Waals surface area contributed by atoms with Crippen LogP contribution in [0.5, 0.6) is 0 Å². The number of carbonyl (C=O) groups is 1. The summed E-state index contributed by atoms with van der Waals surface area (Å²) in [6, 6.07) is 16.1. The van der Waals surface area contributed by atoms with E-state index in [1.165, 1.54) is 6.33 Å². The summed E-state index contributed by atoms with van der Waals surface area (Å²) in [6.45, 7) is 4.31. The molecule has 0 saturated heterocycles. The highest BCUT2D eigenvalue weighted by molar-refractivity contribution is 7.91. The minimum Gasteiger partial charge on any atom is -0.369 e. The number of sulfone groups is 1. The molecule has 0 spiro atoms. The Kier molecular flexibility index (Phi) is 7.07. The highest BCUT2D eigenvalue weighted by Gasteiger charge is 2.16. The van der Waals surface area contributed by atoms with E-state index in [1.54, 1.807) is 50.5 Å². The molecule has 0 unspecified atom stereocenters. The van der Waals surface area contributed by atoms with Crippen LogP contribution in [-0.4, -0.2) is 48.6 Å². The Labute approximate surface area is 204 Å². The molecule has 0 aliphatic rings. The summed E-state index contributed by atoms with van der Waals surface area (Å²) in [5.74, 6) is 0.662. The number of aromatic nitrogens is 3. The molecule has 180 valence electrons. The fourth-order valence-electron chi connectivity index (χ4n) is 3.91. The van der Waals surface area contributed by atoms with Gasteiger partial charge in [-0.1, -0.05) is 44.2 Å². The number of nitrogens with zero attached hydrogens (tertiary/aromatic N) is 3. The van der Waals surface area contributed by atoms with Gasteiger partial charge in [0.25, 0.3) is 5.91 Å². The lowest BCUT2D eigenvalue weighted by Gasteiger charge is -2.16. The molecule has 1 amide bonds. The number of para-hydroxylation sites is 1. The summed E-state index contributed by atoms with van der Waals surface area (Å²) in [5, 5.41) is 6.85. The Morgan fingerprint density at radius 3 is 2.51 bits per heavy atom. The zero-order chi connectivity index (χ0) is 25.0. The lowest BCUT2D eigenvalue weighted by Crippen LogP contribution is -2.18. The van der Waals surface area contributed by atoms with Crippen molar-refractivity contribution in [3.05, 3.63) is 78.2 Å². The highest BCUT2D eigenvalue weighted by atomic mass is 32.2. The minimum absolute atomic E-state index is 0.0610. The molecule has 2 N–H and O–H groups in total. The molecule has 0 fully saturated rings. The fraction of sp³-hybridized carbons (Fsp3) is 0.231. The van der Waals surface area contributed by atoms with Crippen molar-refractivity contribution in [2.45, 2.75) is 24.7 Å². The smallest absolute Gasteiger partial charge is 0.251 e. The molecule has 0 aliphatic heterocycles. The molecular formula is C26H27N5O3S. The first kappa shape index (κ1) is 24.3. The summed E-state index contributed by atoms with van der Waals surface area (Å²) in [7, 11) is -1.63. The van der Waals surface area contributed by atoms with Crippen molar-refractivity contribution >= 4 is 32.5 Å². The standard InChI is InChI=1S/C26H27N5O3S/c1-4-35(33,34)19-10-8-18(9-11-19)23-14-24(31-16-30-23)29-15-17(2)20-6-5-7-21-22(26(32)27-3)12-13-28-25(20)21/h5-14,16-17H,4,15H2,1-3H3,(H,27,32)(H,29,30,31)/t17-/m1/s1. The Balaban J connectivity index is 1.53. The number of hydrogen-bond acceptors (Lipinski definition) is 7. The van der Waals surface area contributed by atoms with E-state index in [0.29, 0.717) is 28.5 Å². The maximum atomic E-state index is 12.3. The van der Waals surface area contributed by atoms with Crippen LogP contribution in [0.2, 0.25) is 0 Å². The lowest BCUT2D eigenvalue weighted by atomic mass is 9.96. The van der Waals surface area contributed by atoms with Gasteiger partial charge in [0.05, 0.1) is 27.4 Å². The number of amides is 1. The molecule has 0 radical (unpaired) electrons. The molecule has 2 aromatic carbocycles. The Hall–Kier alpha value is -3.85. The molecule has 8 nitrogen and oxygen atoms in total. The second-order valence-electron chi connectivity index (χ2n) is 8.18. The fourth-order valence-corrected chi connectivity index (χ4v) is 4.79. The van der Waals surface area contributed by atoms with Gasteiger partial charge in [0.1, 0.15) is 12.1 Å². The molecule has 0 bridgehead atoms. The van der Waals surface area contributed by atoms with E-state index in [1.807, 2.05) is 24.3 Å². The second-order valence-corrected chi connectivity index (χ2v) is 10.5. The van der Waals surface area contributed by atoms with Gasteiger partial charge in [-0.15, -0.1) is 0 Å². The zero-order valence-corrected chi connectivity index (χ0v) is 20.6. The van der Waals surface area contributed by atoms with Crippen LogP contribution in [0.1, 0.15) is 35.7 Å². The second kappa shape index (κ2) is 10.2. The van der Waals surface area contributed by atoms with Crippen molar-refractivity contribution < 1.29 is 13.2 Å². The SMILES string of the molecule is CCS(=O)(=O)c1ccc(-c2cc(NC[C@@H](C)c3cccc4c(C(=O)NC)ccnc34)ncn2)cc1. The van der Waals surface area contributed by atoms with Crippen molar-refractivity contribution in [2.75, 3.05) is 24.7 Å². The lowest BCUT2D eigenvalue weighted by molar-refractivity contribution is 0.0964. The number of rotatable bonds is 8. The van der Waals surface area contributed by atoms with Gasteiger partial charge in [0.2, 0.25) is 0 Å². The van der Waals surface area contributed by atoms with Crippen molar-refractivity contribution in [1.29, 1.82) is 0 Å². The molecule has 4 rings (SSSR count). The maximum Gasteiger partial charge on any atom is 0.251 e. The predicted octanol–water partition coefficient (Wildman–Crippen LogP) is 4.06. The summed E-state index contributed by atoms with van der Waals surface area (Å²) in [4.78, 5) is 25.8. The number of hydrogen-bond donors (Lipinski definition) is 2. The largest absolute Gasteiger partial charge is 0.369 e. The van der Waals surface area contributed by atoms with Gasteiger partial charge >= 0.3 is 0 Å². The maximum absolute atomic E-state index is 12.3. The number of carbonyl (C=O) groups excluding carboxylic acids is 1. The third kappa shape index (κ3) is 5.14. The van der Waals surface area contributed by atoms with E-state index >= 15 is 0 Å². The summed E-state index contributed by atoms with van der Waals surface area (Å²) >= 11 is 0. The molecule has 4 aromatic rings. The molecule has 0 aliphatic carbocycles. The van der Waals surface area contributed by atoms with E-state index in [9.17, 15) is 13.2 Å². The van der Waals surface area contributed by atoms with E-state index in [-0.39, 0.29) is 17.6 Å². The Bertz CT molecular complexity index is 1470. The first-order valence-electron chi connectivity index (χ1n) is 11.3. The van der Waals surface area contributed by atoms with Crippen LogP contribution in [-0.2, 0) is 9.84 Å². The zero-order valence-electron chi connectivity index (χ0n) is 19.8. The van der Waals surface area contributed by atoms with E-state index in [0.717, 1.165) is 22.0 Å². The van der Waals surface area contributed by atoms with Gasteiger partial charge in [-0.25, -0.2) is 18.4 Å². The van der Waals surface area contributed by atoms with Crippen molar-refractivity contribution in [2.24, 2.45) is 0 Å². The van der Waals surface area contributed by atoms with Gasteiger partial charge < -0.3 is 10.6 Å². The van der Waals surface area contributed by atoms with E-state index < -0.39 is 9.84 Å². The van der Waals surface area contributed by atoms with Crippen LogP contribution in [0, 0.1) is 0 Å². The Morgan fingerprint density at radius 1 is 1.03 bits per heavy atom. The van der Waals surface area contributed by atoms with Crippen LogP contribution in [0.15, 0.2) is 72.0 Å². The number of benzene rings is 2. The topological polar surface area (TPSA) is 114 Å². The molecule has 2 aromatic heterocycles. The Morgan fingerprint density at radius 2 is 1.80 bits per heavy atom. The number of fused-ring (bicyclic) bond motifs is 1. The van der Waals surface area contributed by atoms with Crippen LogP contribution in [0.3, 0.4) is 0 Å². The summed E-state index contributed by atoms with van der Waals surface area (Å²) < 4.78 is 24.1. The van der Waals surface area contributed by atoms with Crippen LogP contribution in [0.25, 0.3) is 22.2 Å². The summed E-state index contributed by atoms with van der Waals surface area (Å²) in [6.07, 6.45) is 3.14. The number of anilines is 1. The normalized spacial score (nSPS) is 12.3. The molecule has 1 atom stereocenters. The van der Waals surface area contributed by atoms with Crippen LogP contribution in [0.4, 0.5) is 5.82 Å². The molecule has 0 saturated carbocycles. The van der Waals surface area contributed by atoms with Gasteiger partial charge in [-0.05, 0) is 23.8 Å². The minimum atomic E-state index is -3.25. The number of nitrogens with one attached hydrogen (secondary N) is 2. The van der Waals surface area contributed by atoms with Crippen LogP contribution < -0.4 is 10.6 Å². The molecular weight excluding hydrogens is 462 g/mol. The van der Waals surface area contributed by atoms with Gasteiger partial charge in [0, 0.05) is 42.7 Å². The first-order valence-corrected chi connectivity index (χ1v) is 13.0. The van der Waals surface area contributed by atoms with Gasteiger partial charge in [-0.3, -0.25) is 9.78 Å². The quantitative estimate of drug-likeness (QED) is 0.384. The number of pyridine rings is 1. The molecule has 35 heavy (non-hydrogen) atoms. The predicted molar refractivity (Wildman–Crippen MR) is 137 cm³/mol. The average Bonchev–Trinajstić information content (AvgIpc) is 2.90. The highest BCUT2D eigenvalue weighted by Crippen LogP contribution is 2.27. The van der Waals surface area contributed by atoms with Crippen LogP contribution >= 0.6 is 0 Å². The van der Waals surface area contributed by atoms with Crippen molar-refractivity contribution in [3.63, 3.8) is 0 Å². The molecule has 9 heteroatoms. The van der Waals surface area contributed by atoms with E-state index in [2.05, 4.69) is 32.5 Å². The van der Waals surface area contributed by atoms with Crippen molar-refractivity contribution in [1.82, 2.24) is 20.3 Å². The monoisotopic (exact) mass is 489 g/mol. The first-order chi connectivity index (χ1) is 16.8. The van der Waals surface area contributed by atoms with Gasteiger partial charge in [-0.2, -0.15) is 0 Å². The summed E-state index contributed by atoms with van der Waals surface area (Å²) in [5.41, 5.74) is 3.92.